The van der Waals surface area contributed by atoms with E-state index in [-0.39, 0.29) is 23.0 Å². The fourth-order valence-corrected chi connectivity index (χ4v) is 4.87. The largest absolute Gasteiger partial charge is 0.322 e. The molecule has 1 aliphatic heterocycles. The van der Waals surface area contributed by atoms with E-state index in [1.54, 1.807) is 17.0 Å². The minimum Gasteiger partial charge on any atom is -0.322 e. The van der Waals surface area contributed by atoms with Crippen molar-refractivity contribution in [2.75, 3.05) is 16.0 Å². The predicted octanol–water partition coefficient (Wildman–Crippen LogP) is 6.20. The van der Waals surface area contributed by atoms with Gasteiger partial charge in [-0.2, -0.15) is 0 Å². The van der Waals surface area contributed by atoms with Gasteiger partial charge in [0.05, 0.1) is 5.75 Å². The number of benzene rings is 3. The molecule has 32 heavy (non-hydrogen) atoms. The summed E-state index contributed by atoms with van der Waals surface area (Å²) in [6.07, 6.45) is 3.31. The van der Waals surface area contributed by atoms with Crippen molar-refractivity contribution >= 4 is 35.0 Å². The van der Waals surface area contributed by atoms with E-state index in [1.807, 2.05) is 48.5 Å². The molecule has 1 unspecified atom stereocenters. The third-order valence-corrected chi connectivity index (χ3v) is 6.67. The van der Waals surface area contributed by atoms with Crippen LogP contribution in [0.5, 0.6) is 0 Å². The number of amides is 2. The lowest BCUT2D eigenvalue weighted by Crippen LogP contribution is -2.27. The van der Waals surface area contributed by atoms with E-state index in [2.05, 4.69) is 12.2 Å². The van der Waals surface area contributed by atoms with Gasteiger partial charge >= 0.3 is 0 Å². The van der Waals surface area contributed by atoms with Gasteiger partial charge in [-0.1, -0.05) is 37.6 Å². The molecular weight excluding hydrogens is 423 g/mol. The highest BCUT2D eigenvalue weighted by Crippen LogP contribution is 2.41. The van der Waals surface area contributed by atoms with Gasteiger partial charge in [0.1, 0.15) is 11.2 Å². The van der Waals surface area contributed by atoms with Crippen molar-refractivity contribution < 1.29 is 14.0 Å². The Bertz CT molecular complexity index is 1080. The molecule has 0 radical (unpaired) electrons. The Morgan fingerprint density at radius 2 is 1.72 bits per heavy atom. The molecule has 1 N–H and O–H groups in total. The lowest BCUT2D eigenvalue weighted by Gasteiger charge is -2.24. The number of carbonyl (C=O) groups excluding carboxylic acids is 2. The summed E-state index contributed by atoms with van der Waals surface area (Å²) in [5, 5.41) is 2.74. The molecule has 164 valence electrons. The van der Waals surface area contributed by atoms with Crippen LogP contribution in [-0.2, 0) is 11.2 Å². The number of anilines is 2. The van der Waals surface area contributed by atoms with Crippen molar-refractivity contribution in [2.45, 2.75) is 31.6 Å². The molecule has 4 rings (SSSR count). The summed E-state index contributed by atoms with van der Waals surface area (Å²) in [5.74, 6) is -0.126. The highest BCUT2D eigenvalue weighted by atomic mass is 32.2. The van der Waals surface area contributed by atoms with Crippen molar-refractivity contribution in [3.8, 4) is 0 Å². The van der Waals surface area contributed by atoms with Crippen molar-refractivity contribution in [3.05, 3.63) is 95.3 Å². The number of nitrogens with one attached hydrogen (secondary N) is 1. The number of hydrogen-bond acceptors (Lipinski definition) is 3. The van der Waals surface area contributed by atoms with E-state index in [9.17, 15) is 14.0 Å². The average Bonchev–Trinajstić information content (AvgIpc) is 3.20. The third-order valence-electron chi connectivity index (χ3n) is 5.46. The van der Waals surface area contributed by atoms with Gasteiger partial charge in [-0.3, -0.25) is 14.5 Å². The first-order chi connectivity index (χ1) is 15.5. The number of carbonyl (C=O) groups is 2. The molecule has 1 fully saturated rings. The summed E-state index contributed by atoms with van der Waals surface area (Å²) in [6.45, 7) is 2.16. The minimum atomic E-state index is -0.333. The van der Waals surface area contributed by atoms with E-state index in [0.29, 0.717) is 22.7 Å². The second-order valence-corrected chi connectivity index (χ2v) is 8.85. The van der Waals surface area contributed by atoms with Crippen molar-refractivity contribution in [3.63, 3.8) is 0 Å². The summed E-state index contributed by atoms with van der Waals surface area (Å²) in [6, 6.07) is 21.2. The summed E-state index contributed by atoms with van der Waals surface area (Å²) >= 11 is 1.53. The van der Waals surface area contributed by atoms with Crippen LogP contribution in [0.1, 0.15) is 46.6 Å². The Hall–Kier alpha value is -3.12. The van der Waals surface area contributed by atoms with E-state index < -0.39 is 0 Å². The number of rotatable bonds is 7. The van der Waals surface area contributed by atoms with Gasteiger partial charge in [-0.15, -0.1) is 11.8 Å². The van der Waals surface area contributed by atoms with Crippen LogP contribution in [-0.4, -0.2) is 17.6 Å². The van der Waals surface area contributed by atoms with Gasteiger partial charge in [0.2, 0.25) is 5.91 Å². The third kappa shape index (κ3) is 5.02. The van der Waals surface area contributed by atoms with Crippen LogP contribution in [0.25, 0.3) is 0 Å². The van der Waals surface area contributed by atoms with Crippen LogP contribution in [0.2, 0.25) is 0 Å². The van der Waals surface area contributed by atoms with Crippen molar-refractivity contribution in [1.82, 2.24) is 0 Å². The van der Waals surface area contributed by atoms with E-state index in [4.69, 9.17) is 0 Å². The first-order valence-electron chi connectivity index (χ1n) is 10.7. The molecule has 4 nitrogen and oxygen atoms in total. The van der Waals surface area contributed by atoms with E-state index >= 15 is 0 Å². The Morgan fingerprint density at radius 1 is 1.03 bits per heavy atom. The first kappa shape index (κ1) is 22.1. The second kappa shape index (κ2) is 10.0. The van der Waals surface area contributed by atoms with Crippen LogP contribution in [0.3, 0.4) is 0 Å². The van der Waals surface area contributed by atoms with Gasteiger partial charge in [-0.25, -0.2) is 4.39 Å². The lowest BCUT2D eigenvalue weighted by atomic mass is 10.1. The molecule has 0 bridgehead atoms. The van der Waals surface area contributed by atoms with Gasteiger partial charge < -0.3 is 5.32 Å². The maximum absolute atomic E-state index is 13.3. The standard InChI is InChI=1S/C26H25FN2O2S/c1-2-3-4-18-5-7-19(8-6-18)25(31)28-22-13-9-20(10-14-22)26-29(24(30)17-32-26)23-15-11-21(27)12-16-23/h5-16,26H,2-4,17H2,1H3,(H,28,31). The summed E-state index contributed by atoms with van der Waals surface area (Å²) < 4.78 is 13.3. The highest BCUT2D eigenvalue weighted by molar-refractivity contribution is 8.00. The van der Waals surface area contributed by atoms with E-state index in [0.717, 1.165) is 24.8 Å². The minimum absolute atomic E-state index is 0.00799. The first-order valence-corrected chi connectivity index (χ1v) is 11.8. The Kier molecular flexibility index (Phi) is 6.90. The van der Waals surface area contributed by atoms with Gasteiger partial charge in [-0.05, 0) is 72.5 Å². The summed E-state index contributed by atoms with van der Waals surface area (Å²) in [5.41, 5.74) is 4.17. The molecule has 1 atom stereocenters. The normalized spacial score (nSPS) is 15.8. The molecule has 0 aromatic heterocycles. The summed E-state index contributed by atoms with van der Waals surface area (Å²) in [4.78, 5) is 26.7. The van der Waals surface area contributed by atoms with Crippen LogP contribution in [0.4, 0.5) is 15.8 Å². The molecule has 1 aliphatic rings. The molecule has 0 spiro atoms. The zero-order valence-electron chi connectivity index (χ0n) is 17.9. The maximum Gasteiger partial charge on any atom is 0.255 e. The molecule has 3 aromatic carbocycles. The maximum atomic E-state index is 13.3. The molecule has 6 heteroatoms. The molecule has 0 saturated carbocycles. The van der Waals surface area contributed by atoms with Crippen molar-refractivity contribution in [1.29, 1.82) is 0 Å². The SMILES string of the molecule is CCCCc1ccc(C(=O)Nc2ccc(C3SCC(=O)N3c3ccc(F)cc3)cc2)cc1. The molecule has 1 heterocycles. The summed E-state index contributed by atoms with van der Waals surface area (Å²) in [7, 11) is 0. The average molecular weight is 449 g/mol. The quantitative estimate of drug-likeness (QED) is 0.468. The van der Waals surface area contributed by atoms with Crippen LogP contribution in [0.15, 0.2) is 72.8 Å². The molecule has 3 aromatic rings. The number of hydrogen-bond donors (Lipinski definition) is 1. The Balaban J connectivity index is 1.44. The zero-order valence-corrected chi connectivity index (χ0v) is 18.7. The highest BCUT2D eigenvalue weighted by Gasteiger charge is 2.34. The number of thioether (sulfide) groups is 1. The Labute approximate surface area is 191 Å². The van der Waals surface area contributed by atoms with Gasteiger partial charge in [0.25, 0.3) is 5.91 Å². The zero-order chi connectivity index (χ0) is 22.5. The van der Waals surface area contributed by atoms with Crippen LogP contribution in [0, 0.1) is 5.82 Å². The second-order valence-electron chi connectivity index (χ2n) is 7.78. The van der Waals surface area contributed by atoms with Crippen LogP contribution < -0.4 is 10.2 Å². The fraction of sp³-hybridized carbons (Fsp3) is 0.231. The van der Waals surface area contributed by atoms with Crippen molar-refractivity contribution in [2.24, 2.45) is 0 Å². The topological polar surface area (TPSA) is 49.4 Å². The lowest BCUT2D eigenvalue weighted by molar-refractivity contribution is -0.115. The number of nitrogens with zero attached hydrogens (tertiary/aromatic N) is 1. The smallest absolute Gasteiger partial charge is 0.255 e. The molecular formula is C26H25FN2O2S. The predicted molar refractivity (Wildman–Crippen MR) is 129 cm³/mol. The monoisotopic (exact) mass is 448 g/mol. The Morgan fingerprint density at radius 3 is 2.38 bits per heavy atom. The van der Waals surface area contributed by atoms with E-state index in [1.165, 1.54) is 29.5 Å². The van der Waals surface area contributed by atoms with Crippen LogP contribution >= 0.6 is 11.8 Å². The molecule has 2 amide bonds. The number of aryl methyl sites for hydroxylation is 1. The molecule has 0 aliphatic carbocycles. The number of unbranched alkanes of at least 4 members (excludes halogenated alkanes) is 1. The number of halogens is 1. The molecule has 1 saturated heterocycles. The van der Waals surface area contributed by atoms with Gasteiger partial charge in [0, 0.05) is 16.9 Å². The fourth-order valence-electron chi connectivity index (χ4n) is 3.69. The van der Waals surface area contributed by atoms with Gasteiger partial charge in [0.15, 0.2) is 0 Å².